The molecule has 0 saturated carbocycles. The number of fused-ring (bicyclic) bond motifs is 9. The molecule has 58 heavy (non-hydrogen) atoms. The fraction of sp³-hybridized carbons (Fsp3) is 0.0179. The molecule has 272 valence electrons. The van der Waals surface area contributed by atoms with Crippen molar-refractivity contribution in [2.45, 2.75) is 5.41 Å². The molecule has 0 aromatic heterocycles. The lowest BCUT2D eigenvalue weighted by atomic mass is 9.66. The first-order valence-electron chi connectivity index (χ1n) is 19.9. The highest BCUT2D eigenvalue weighted by molar-refractivity contribution is 6.25. The van der Waals surface area contributed by atoms with E-state index in [4.69, 9.17) is 5.41 Å². The second-order valence-corrected chi connectivity index (χ2v) is 15.3. The monoisotopic (exact) mass is 738 g/mol. The minimum absolute atomic E-state index is 0.579. The normalized spacial score (nSPS) is 12.7. The Balaban J connectivity index is 0.930. The third-order valence-electron chi connectivity index (χ3n) is 12.3. The van der Waals surface area contributed by atoms with Gasteiger partial charge in [-0.1, -0.05) is 188 Å². The van der Waals surface area contributed by atoms with Crippen molar-refractivity contribution < 1.29 is 0 Å². The van der Waals surface area contributed by atoms with Gasteiger partial charge in [0, 0.05) is 23.2 Å². The van der Waals surface area contributed by atoms with Crippen molar-refractivity contribution in [3.63, 3.8) is 0 Å². The van der Waals surface area contributed by atoms with Crippen molar-refractivity contribution in [1.29, 1.82) is 5.41 Å². The van der Waals surface area contributed by atoms with E-state index < -0.39 is 5.41 Å². The SMILES string of the molecule is N=Cc1c(Nc2ccc(-c3ccc(-c4ccc5c6ccccc6c6ccccc6c5c4)cc3)cc2)ccc2c1C(c1ccccc1)(c1ccccc1)c1ccccc1-2. The van der Waals surface area contributed by atoms with Crippen molar-refractivity contribution in [2.75, 3.05) is 5.32 Å². The predicted octanol–water partition coefficient (Wildman–Crippen LogP) is 14.6. The number of nitrogens with one attached hydrogen (secondary N) is 2. The first-order valence-corrected chi connectivity index (χ1v) is 19.9. The molecule has 0 unspecified atom stereocenters. The Bertz CT molecular complexity index is 3110. The summed E-state index contributed by atoms with van der Waals surface area (Å²) in [5.74, 6) is 0. The Kier molecular flexibility index (Phi) is 7.91. The van der Waals surface area contributed by atoms with Crippen LogP contribution in [-0.4, -0.2) is 6.21 Å². The van der Waals surface area contributed by atoms with Crippen LogP contribution in [0.5, 0.6) is 0 Å². The highest BCUT2D eigenvalue weighted by Gasteiger charge is 2.47. The van der Waals surface area contributed by atoms with Gasteiger partial charge in [0.15, 0.2) is 0 Å². The molecule has 0 atom stereocenters. The summed E-state index contributed by atoms with van der Waals surface area (Å²) < 4.78 is 0. The first kappa shape index (κ1) is 33.8. The molecule has 0 bridgehead atoms. The minimum Gasteiger partial charge on any atom is -0.355 e. The maximum atomic E-state index is 8.90. The molecule has 0 saturated heterocycles. The van der Waals surface area contributed by atoms with Gasteiger partial charge in [-0.3, -0.25) is 0 Å². The summed E-state index contributed by atoms with van der Waals surface area (Å²) in [6, 6.07) is 76.5. The molecule has 11 rings (SSSR count). The van der Waals surface area contributed by atoms with E-state index in [1.807, 2.05) is 0 Å². The average molecular weight is 739 g/mol. The summed E-state index contributed by atoms with van der Waals surface area (Å²) in [5, 5.41) is 20.3. The van der Waals surface area contributed by atoms with Gasteiger partial charge in [-0.05, 0) is 112 Å². The smallest absolute Gasteiger partial charge is 0.0720 e. The minimum atomic E-state index is -0.579. The lowest BCUT2D eigenvalue weighted by molar-refractivity contribution is 0.767. The van der Waals surface area contributed by atoms with E-state index in [-0.39, 0.29) is 0 Å². The van der Waals surface area contributed by atoms with E-state index in [1.54, 1.807) is 0 Å². The predicted molar refractivity (Wildman–Crippen MR) is 245 cm³/mol. The second kappa shape index (κ2) is 13.6. The quantitative estimate of drug-likeness (QED) is 0.124. The molecule has 0 radical (unpaired) electrons. The standard InChI is InChI=1S/C56H38N2/c57-36-52-54(34-33-50-49-21-11-12-22-53(49)56(55(50)52,41-13-3-1-4-14-41)42-15-5-2-6-16-42)58-43-30-27-38(28-31-43)37-23-25-39(26-24-37)40-29-32-48-46-19-8-7-17-44(46)45-18-9-10-20-47(45)51(48)35-40/h1-36,57-58H. The van der Waals surface area contributed by atoms with Crippen LogP contribution in [0.3, 0.4) is 0 Å². The van der Waals surface area contributed by atoms with Crippen LogP contribution >= 0.6 is 0 Å². The van der Waals surface area contributed by atoms with E-state index in [1.165, 1.54) is 77.5 Å². The number of anilines is 2. The van der Waals surface area contributed by atoms with Crippen LogP contribution in [0.4, 0.5) is 11.4 Å². The molecule has 0 spiro atoms. The van der Waals surface area contributed by atoms with Crippen LogP contribution in [0.1, 0.15) is 27.8 Å². The molecule has 10 aromatic rings. The van der Waals surface area contributed by atoms with E-state index in [0.717, 1.165) is 33.6 Å². The van der Waals surface area contributed by atoms with Crippen LogP contribution in [0, 0.1) is 5.41 Å². The summed E-state index contributed by atoms with van der Waals surface area (Å²) in [4.78, 5) is 0. The molecular formula is C56H38N2. The van der Waals surface area contributed by atoms with Crippen LogP contribution in [0.15, 0.2) is 212 Å². The zero-order valence-corrected chi connectivity index (χ0v) is 31.8. The third kappa shape index (κ3) is 5.16. The molecule has 2 N–H and O–H groups in total. The van der Waals surface area contributed by atoms with E-state index in [0.29, 0.717) is 0 Å². The molecule has 10 aromatic carbocycles. The van der Waals surface area contributed by atoms with E-state index >= 15 is 0 Å². The highest BCUT2D eigenvalue weighted by atomic mass is 14.9. The van der Waals surface area contributed by atoms with E-state index in [2.05, 4.69) is 218 Å². The van der Waals surface area contributed by atoms with Crippen LogP contribution in [-0.2, 0) is 5.41 Å². The third-order valence-corrected chi connectivity index (χ3v) is 12.3. The fourth-order valence-electron chi connectivity index (χ4n) is 9.67. The van der Waals surface area contributed by atoms with Crippen molar-refractivity contribution in [2.24, 2.45) is 0 Å². The van der Waals surface area contributed by atoms with Gasteiger partial charge < -0.3 is 10.7 Å². The zero-order chi connectivity index (χ0) is 38.6. The Hall–Kier alpha value is -7.55. The van der Waals surface area contributed by atoms with Gasteiger partial charge in [0.05, 0.1) is 5.41 Å². The average Bonchev–Trinajstić information content (AvgIpc) is 3.61. The van der Waals surface area contributed by atoms with E-state index in [9.17, 15) is 0 Å². The van der Waals surface area contributed by atoms with Gasteiger partial charge >= 0.3 is 0 Å². The summed E-state index contributed by atoms with van der Waals surface area (Å²) in [6.45, 7) is 0. The van der Waals surface area contributed by atoms with Gasteiger partial charge in [-0.2, -0.15) is 0 Å². The molecular weight excluding hydrogens is 701 g/mol. The van der Waals surface area contributed by atoms with Crippen molar-refractivity contribution in [3.8, 4) is 33.4 Å². The number of hydrogen-bond acceptors (Lipinski definition) is 2. The van der Waals surface area contributed by atoms with Gasteiger partial charge in [-0.25, -0.2) is 0 Å². The molecule has 1 aliphatic rings. The second-order valence-electron chi connectivity index (χ2n) is 15.3. The largest absolute Gasteiger partial charge is 0.355 e. The summed E-state index contributed by atoms with van der Waals surface area (Å²) in [6.07, 6.45) is 1.53. The first-order chi connectivity index (χ1) is 28.7. The Morgan fingerprint density at radius 1 is 0.379 bits per heavy atom. The molecule has 1 aliphatic carbocycles. The lowest BCUT2D eigenvalue weighted by Gasteiger charge is -2.35. The fourth-order valence-corrected chi connectivity index (χ4v) is 9.67. The molecule has 2 nitrogen and oxygen atoms in total. The lowest BCUT2D eigenvalue weighted by Crippen LogP contribution is -2.30. The van der Waals surface area contributed by atoms with Crippen molar-refractivity contribution in [3.05, 3.63) is 240 Å². The van der Waals surface area contributed by atoms with Crippen LogP contribution < -0.4 is 5.32 Å². The number of rotatable bonds is 7. The van der Waals surface area contributed by atoms with Crippen LogP contribution in [0.25, 0.3) is 65.7 Å². The molecule has 0 aliphatic heterocycles. The van der Waals surface area contributed by atoms with Crippen LogP contribution in [0.2, 0.25) is 0 Å². The Morgan fingerprint density at radius 3 is 1.43 bits per heavy atom. The molecule has 0 heterocycles. The Labute approximate surface area is 338 Å². The summed E-state index contributed by atoms with van der Waals surface area (Å²) in [5.41, 5.74) is 14.0. The Morgan fingerprint density at radius 2 is 0.845 bits per heavy atom. The molecule has 2 heteroatoms. The number of benzene rings is 10. The molecule has 0 amide bonds. The summed E-state index contributed by atoms with van der Waals surface area (Å²) in [7, 11) is 0. The summed E-state index contributed by atoms with van der Waals surface area (Å²) >= 11 is 0. The zero-order valence-electron chi connectivity index (χ0n) is 31.8. The number of hydrogen-bond donors (Lipinski definition) is 2. The highest BCUT2D eigenvalue weighted by Crippen LogP contribution is 2.58. The topological polar surface area (TPSA) is 35.9 Å². The maximum absolute atomic E-state index is 8.90. The molecule has 0 fully saturated rings. The van der Waals surface area contributed by atoms with Crippen molar-refractivity contribution >= 4 is 49.9 Å². The van der Waals surface area contributed by atoms with Gasteiger partial charge in [0.25, 0.3) is 0 Å². The van der Waals surface area contributed by atoms with Crippen molar-refractivity contribution in [1.82, 2.24) is 0 Å². The van der Waals surface area contributed by atoms with Gasteiger partial charge in [0.1, 0.15) is 0 Å². The van der Waals surface area contributed by atoms with Gasteiger partial charge in [0.2, 0.25) is 0 Å². The maximum Gasteiger partial charge on any atom is 0.0720 e. The van der Waals surface area contributed by atoms with Gasteiger partial charge in [-0.15, -0.1) is 0 Å².